The Kier molecular flexibility index (Phi) is 5.58. The van der Waals surface area contributed by atoms with Crippen LogP contribution in [-0.4, -0.2) is 17.6 Å². The molecule has 4 nitrogen and oxygen atoms in total. The van der Waals surface area contributed by atoms with Crippen molar-refractivity contribution in [3.63, 3.8) is 0 Å². The van der Waals surface area contributed by atoms with E-state index >= 15 is 0 Å². The number of thiazole rings is 1. The van der Waals surface area contributed by atoms with E-state index < -0.39 is 0 Å². The van der Waals surface area contributed by atoms with Gasteiger partial charge in [-0.2, -0.15) is 4.99 Å². The topological polar surface area (TPSA) is 43.6 Å². The lowest BCUT2D eigenvalue weighted by molar-refractivity contribution is 0.0998. The molecule has 5 heteroatoms. The van der Waals surface area contributed by atoms with Gasteiger partial charge in [0.25, 0.3) is 5.91 Å². The van der Waals surface area contributed by atoms with Gasteiger partial charge >= 0.3 is 0 Å². The predicted molar refractivity (Wildman–Crippen MR) is 118 cm³/mol. The highest BCUT2D eigenvalue weighted by Gasteiger charge is 2.12. The Morgan fingerprint density at radius 1 is 0.966 bits per heavy atom. The number of carbonyl (C=O) groups excluding carboxylic acids is 1. The van der Waals surface area contributed by atoms with Crippen molar-refractivity contribution < 1.29 is 9.53 Å². The number of fused-ring (bicyclic) bond motifs is 1. The zero-order valence-electron chi connectivity index (χ0n) is 16.5. The third-order valence-electron chi connectivity index (χ3n) is 4.85. The van der Waals surface area contributed by atoms with Crippen molar-refractivity contribution in [2.75, 3.05) is 7.11 Å². The first kappa shape index (κ1) is 19.2. The van der Waals surface area contributed by atoms with E-state index in [1.807, 2.05) is 72.2 Å². The number of aryl methyl sites for hydroxylation is 1. The lowest BCUT2D eigenvalue weighted by Crippen LogP contribution is -2.16. The average Bonchev–Trinajstić information content (AvgIpc) is 3.12. The van der Waals surface area contributed by atoms with Gasteiger partial charge in [-0.3, -0.25) is 4.79 Å². The van der Waals surface area contributed by atoms with Crippen LogP contribution >= 0.6 is 11.3 Å². The largest absolute Gasteiger partial charge is 0.495 e. The maximum atomic E-state index is 12.8. The highest BCUT2D eigenvalue weighted by Crippen LogP contribution is 2.27. The molecule has 1 aromatic heterocycles. The van der Waals surface area contributed by atoms with Gasteiger partial charge in [-0.1, -0.05) is 59.9 Å². The Morgan fingerprint density at radius 3 is 2.38 bits per heavy atom. The van der Waals surface area contributed by atoms with Crippen molar-refractivity contribution >= 4 is 27.5 Å². The Balaban J connectivity index is 1.64. The molecular weight excluding hydrogens is 380 g/mol. The molecule has 1 heterocycles. The summed E-state index contributed by atoms with van der Waals surface area (Å²) in [6.07, 6.45) is 0.846. The minimum Gasteiger partial charge on any atom is -0.495 e. The first-order valence-corrected chi connectivity index (χ1v) is 10.4. The summed E-state index contributed by atoms with van der Waals surface area (Å²) in [4.78, 5) is 17.9. The van der Waals surface area contributed by atoms with Crippen LogP contribution in [-0.2, 0) is 13.0 Å². The summed E-state index contributed by atoms with van der Waals surface area (Å²) in [6.45, 7) is 2.75. The van der Waals surface area contributed by atoms with Gasteiger partial charge in [0.05, 0.1) is 11.8 Å². The smallest absolute Gasteiger partial charge is 0.279 e. The molecule has 0 aliphatic heterocycles. The zero-order chi connectivity index (χ0) is 20.2. The van der Waals surface area contributed by atoms with Crippen LogP contribution in [0.3, 0.4) is 0 Å². The summed E-state index contributed by atoms with van der Waals surface area (Å²) in [5, 5.41) is 0. The number of ether oxygens (including phenoxy) is 1. The molecule has 0 unspecified atom stereocenters. The number of amides is 1. The van der Waals surface area contributed by atoms with Crippen LogP contribution in [0.5, 0.6) is 5.75 Å². The molecular formula is C24H22N2O2S. The van der Waals surface area contributed by atoms with Crippen LogP contribution in [0.4, 0.5) is 0 Å². The molecule has 0 bridgehead atoms. The summed E-state index contributed by atoms with van der Waals surface area (Å²) < 4.78 is 8.57. The molecule has 0 saturated carbocycles. The molecule has 4 aromatic rings. The lowest BCUT2D eigenvalue weighted by Gasteiger charge is -2.05. The summed E-state index contributed by atoms with van der Waals surface area (Å²) in [5.41, 5.74) is 3.99. The maximum Gasteiger partial charge on any atom is 0.279 e. The van der Waals surface area contributed by atoms with Gasteiger partial charge in [0, 0.05) is 12.1 Å². The quantitative estimate of drug-likeness (QED) is 0.468. The number of nitrogens with zero attached hydrogens (tertiary/aromatic N) is 2. The number of hydrogen-bond acceptors (Lipinski definition) is 3. The number of aromatic nitrogens is 1. The van der Waals surface area contributed by atoms with Crippen molar-refractivity contribution in [3.8, 4) is 5.75 Å². The van der Waals surface area contributed by atoms with Crippen LogP contribution in [0.25, 0.3) is 10.2 Å². The predicted octanol–water partition coefficient (Wildman–Crippen LogP) is 5.06. The monoisotopic (exact) mass is 402 g/mol. The van der Waals surface area contributed by atoms with Crippen molar-refractivity contribution in [3.05, 3.63) is 94.3 Å². The molecule has 0 aliphatic carbocycles. The summed E-state index contributed by atoms with van der Waals surface area (Å²) in [7, 11) is 1.66. The van der Waals surface area contributed by atoms with E-state index in [9.17, 15) is 4.79 Å². The Labute approximate surface area is 173 Å². The number of methoxy groups -OCH3 is 1. The minimum atomic E-state index is -0.232. The second-order valence-corrected chi connectivity index (χ2v) is 7.72. The van der Waals surface area contributed by atoms with E-state index in [0.29, 0.717) is 16.9 Å². The molecule has 0 fully saturated rings. The molecule has 29 heavy (non-hydrogen) atoms. The Morgan fingerprint density at radius 2 is 1.69 bits per heavy atom. The molecule has 0 atom stereocenters. The van der Waals surface area contributed by atoms with Crippen molar-refractivity contribution in [1.29, 1.82) is 0 Å². The van der Waals surface area contributed by atoms with E-state index in [1.54, 1.807) is 7.11 Å². The summed E-state index contributed by atoms with van der Waals surface area (Å²) >= 11 is 1.50. The molecule has 0 N–H and O–H groups in total. The van der Waals surface area contributed by atoms with Crippen molar-refractivity contribution in [1.82, 2.24) is 4.57 Å². The number of hydrogen-bond donors (Lipinski definition) is 0. The third kappa shape index (κ3) is 4.00. The second-order valence-electron chi connectivity index (χ2n) is 6.71. The van der Waals surface area contributed by atoms with Crippen LogP contribution in [0.1, 0.15) is 28.4 Å². The van der Waals surface area contributed by atoms with Crippen molar-refractivity contribution in [2.45, 2.75) is 19.9 Å². The van der Waals surface area contributed by atoms with Crippen LogP contribution in [0.2, 0.25) is 0 Å². The molecule has 146 valence electrons. The summed E-state index contributed by atoms with van der Waals surface area (Å²) in [6, 6.07) is 23.9. The molecule has 1 amide bonds. The standard InChI is InChI=1S/C24H22N2O2S/c1-3-26-22-20(28-2)10-7-11-21(22)29-24(26)25-23(27)19-14-12-18(13-15-19)16-17-8-5-4-6-9-17/h4-15H,3,16H2,1-2H3. The Bertz CT molecular complexity index is 1210. The first-order valence-electron chi connectivity index (χ1n) is 9.58. The average molecular weight is 403 g/mol. The van der Waals surface area contributed by atoms with Gasteiger partial charge in [-0.05, 0) is 48.7 Å². The second kappa shape index (κ2) is 8.45. The van der Waals surface area contributed by atoms with E-state index in [-0.39, 0.29) is 5.91 Å². The highest BCUT2D eigenvalue weighted by atomic mass is 32.1. The zero-order valence-corrected chi connectivity index (χ0v) is 17.3. The van der Waals surface area contributed by atoms with E-state index in [2.05, 4.69) is 17.1 Å². The number of rotatable bonds is 5. The molecule has 4 rings (SSSR count). The normalized spacial score (nSPS) is 11.7. The molecule has 0 spiro atoms. The fraction of sp³-hybridized carbons (Fsp3) is 0.167. The molecule has 0 aliphatic rings. The summed E-state index contributed by atoms with van der Waals surface area (Å²) in [5.74, 6) is 0.559. The van der Waals surface area contributed by atoms with E-state index in [4.69, 9.17) is 4.74 Å². The van der Waals surface area contributed by atoms with Gasteiger partial charge in [-0.25, -0.2) is 0 Å². The third-order valence-corrected chi connectivity index (χ3v) is 5.89. The minimum absolute atomic E-state index is 0.232. The number of carbonyl (C=O) groups is 1. The Hall–Kier alpha value is -3.18. The number of benzene rings is 3. The SMILES string of the molecule is CCn1c(=NC(=O)c2ccc(Cc3ccccc3)cc2)sc2cccc(OC)c21. The van der Waals surface area contributed by atoms with Gasteiger partial charge in [0.2, 0.25) is 0 Å². The van der Waals surface area contributed by atoms with Crippen molar-refractivity contribution in [2.24, 2.45) is 4.99 Å². The molecule has 0 saturated heterocycles. The fourth-order valence-electron chi connectivity index (χ4n) is 3.39. The van der Waals surface area contributed by atoms with Crippen LogP contribution in [0.15, 0.2) is 77.8 Å². The molecule has 3 aromatic carbocycles. The fourth-order valence-corrected chi connectivity index (χ4v) is 4.50. The highest BCUT2D eigenvalue weighted by molar-refractivity contribution is 7.16. The van der Waals surface area contributed by atoms with E-state index in [0.717, 1.165) is 22.4 Å². The lowest BCUT2D eigenvalue weighted by atomic mass is 10.0. The van der Waals surface area contributed by atoms with Crippen LogP contribution < -0.4 is 9.54 Å². The van der Waals surface area contributed by atoms with Gasteiger partial charge < -0.3 is 9.30 Å². The van der Waals surface area contributed by atoms with Gasteiger partial charge in [0.1, 0.15) is 11.3 Å². The van der Waals surface area contributed by atoms with Gasteiger partial charge in [0.15, 0.2) is 4.80 Å². The van der Waals surface area contributed by atoms with Crippen LogP contribution in [0, 0.1) is 0 Å². The van der Waals surface area contributed by atoms with E-state index in [1.165, 1.54) is 22.5 Å². The first-order chi connectivity index (χ1) is 14.2. The van der Waals surface area contributed by atoms with Gasteiger partial charge in [-0.15, -0.1) is 0 Å². The number of para-hydroxylation sites is 1. The molecule has 0 radical (unpaired) electrons. The maximum absolute atomic E-state index is 12.8.